The highest BCUT2D eigenvalue weighted by Gasteiger charge is 2.26. The Bertz CT molecular complexity index is 1260. The van der Waals surface area contributed by atoms with E-state index in [0.29, 0.717) is 34.5 Å². The second-order valence-corrected chi connectivity index (χ2v) is 8.61. The molecule has 1 atom stereocenters. The minimum atomic E-state index is -3.52. The summed E-state index contributed by atoms with van der Waals surface area (Å²) in [5.74, 6) is 0.348. The van der Waals surface area contributed by atoms with Crippen LogP contribution in [0, 0.1) is 0 Å². The van der Waals surface area contributed by atoms with Crippen LogP contribution in [0.2, 0.25) is 0 Å². The van der Waals surface area contributed by atoms with E-state index in [-0.39, 0.29) is 6.04 Å². The van der Waals surface area contributed by atoms with Crippen LogP contribution in [0.1, 0.15) is 29.3 Å². The van der Waals surface area contributed by atoms with Crippen LogP contribution in [-0.2, 0) is 29.3 Å². The number of nitrogen functional groups attached to an aromatic ring is 1. The molecule has 2 aliphatic rings. The lowest BCUT2D eigenvalue weighted by molar-refractivity contribution is 0.412. The summed E-state index contributed by atoms with van der Waals surface area (Å²) in [6.07, 6.45) is 5.92. The standard InChI is InChI=1S/C19H18N6O2S/c20-18-17-16(7-12-9-23-28(26,27)10-12)24-25(19(17)22-11-21-18)15-6-5-13-3-1-2-4-14(13)8-15/h1-4,9-11,15H,5-8H2,(H2,20,21,22). The highest BCUT2D eigenvalue weighted by molar-refractivity contribution is 7.93. The van der Waals surface area contributed by atoms with Crippen LogP contribution in [0.3, 0.4) is 0 Å². The smallest absolute Gasteiger partial charge is 0.275 e. The molecule has 9 heteroatoms. The van der Waals surface area contributed by atoms with Gasteiger partial charge in [0.15, 0.2) is 5.65 Å². The molecule has 2 N–H and O–H groups in total. The second kappa shape index (κ2) is 6.23. The van der Waals surface area contributed by atoms with Gasteiger partial charge in [0, 0.05) is 12.6 Å². The van der Waals surface area contributed by atoms with Crippen molar-refractivity contribution in [2.24, 2.45) is 4.40 Å². The van der Waals surface area contributed by atoms with Crippen molar-refractivity contribution in [2.75, 3.05) is 5.73 Å². The number of hydrogen-bond donors (Lipinski definition) is 1. The van der Waals surface area contributed by atoms with Gasteiger partial charge < -0.3 is 5.73 Å². The van der Waals surface area contributed by atoms with Gasteiger partial charge in [0.2, 0.25) is 0 Å². The Balaban J connectivity index is 1.58. The van der Waals surface area contributed by atoms with Gasteiger partial charge in [-0.2, -0.15) is 17.9 Å². The summed E-state index contributed by atoms with van der Waals surface area (Å²) < 4.78 is 28.6. The van der Waals surface area contributed by atoms with Gasteiger partial charge in [-0.05, 0) is 36.0 Å². The Morgan fingerprint density at radius 3 is 2.79 bits per heavy atom. The third-order valence-corrected chi connectivity index (χ3v) is 6.29. The normalized spacial score (nSPS) is 20.3. The maximum atomic E-state index is 11.6. The minimum absolute atomic E-state index is 0.162. The molecule has 142 valence electrons. The van der Waals surface area contributed by atoms with E-state index in [2.05, 4.69) is 38.6 Å². The number of allylic oxidation sites excluding steroid dienone is 1. The molecule has 0 saturated carbocycles. The van der Waals surface area contributed by atoms with Gasteiger partial charge in [-0.3, -0.25) is 0 Å². The Morgan fingerprint density at radius 2 is 2.00 bits per heavy atom. The summed E-state index contributed by atoms with van der Waals surface area (Å²) in [6.45, 7) is 0. The maximum Gasteiger partial charge on any atom is 0.275 e. The number of benzene rings is 1. The van der Waals surface area contributed by atoms with E-state index in [4.69, 9.17) is 10.8 Å². The molecule has 0 fully saturated rings. The minimum Gasteiger partial charge on any atom is -0.383 e. The summed E-state index contributed by atoms with van der Waals surface area (Å²) >= 11 is 0. The van der Waals surface area contributed by atoms with Crippen molar-refractivity contribution >= 4 is 33.1 Å². The first-order valence-electron chi connectivity index (χ1n) is 9.05. The van der Waals surface area contributed by atoms with Gasteiger partial charge in [0.25, 0.3) is 10.0 Å². The predicted molar refractivity (Wildman–Crippen MR) is 106 cm³/mol. The van der Waals surface area contributed by atoms with Gasteiger partial charge in [-0.15, -0.1) is 0 Å². The Labute approximate surface area is 161 Å². The molecule has 0 spiro atoms. The number of rotatable bonds is 3. The van der Waals surface area contributed by atoms with E-state index in [1.165, 1.54) is 23.7 Å². The van der Waals surface area contributed by atoms with Crippen LogP contribution in [0.15, 0.2) is 46.0 Å². The molecule has 8 nitrogen and oxygen atoms in total. The molecular formula is C19H18N6O2S. The molecule has 5 rings (SSSR count). The fraction of sp³-hybridized carbons (Fsp3) is 0.263. The molecule has 2 aromatic heterocycles. The van der Waals surface area contributed by atoms with Crippen molar-refractivity contribution in [1.29, 1.82) is 0 Å². The summed E-state index contributed by atoms with van der Waals surface area (Å²) in [6, 6.07) is 8.61. The quantitative estimate of drug-likeness (QED) is 0.726. The lowest BCUT2D eigenvalue weighted by atomic mass is 9.88. The predicted octanol–water partition coefficient (Wildman–Crippen LogP) is 1.98. The third-order valence-electron chi connectivity index (χ3n) is 5.29. The SMILES string of the molecule is Nc1ncnc2c1c(CC1=CS(=O)(=O)N=C1)nn2C1CCc2ccccc2C1. The van der Waals surface area contributed by atoms with Crippen molar-refractivity contribution < 1.29 is 8.42 Å². The average Bonchev–Trinajstić information content (AvgIpc) is 3.22. The summed E-state index contributed by atoms with van der Waals surface area (Å²) in [4.78, 5) is 8.54. The summed E-state index contributed by atoms with van der Waals surface area (Å²) in [5, 5.41) is 6.64. The summed E-state index contributed by atoms with van der Waals surface area (Å²) in [5.41, 5.74) is 10.8. The Morgan fingerprint density at radius 1 is 1.18 bits per heavy atom. The van der Waals surface area contributed by atoms with E-state index in [0.717, 1.165) is 24.7 Å². The van der Waals surface area contributed by atoms with Crippen molar-refractivity contribution in [3.8, 4) is 0 Å². The van der Waals surface area contributed by atoms with Crippen LogP contribution in [-0.4, -0.2) is 34.4 Å². The van der Waals surface area contributed by atoms with Crippen LogP contribution >= 0.6 is 0 Å². The first kappa shape index (κ1) is 17.1. The number of hydrogen-bond acceptors (Lipinski definition) is 6. The van der Waals surface area contributed by atoms with Crippen molar-refractivity contribution in [3.05, 3.63) is 58.4 Å². The van der Waals surface area contributed by atoms with Crippen molar-refractivity contribution in [1.82, 2.24) is 19.7 Å². The lowest BCUT2D eigenvalue weighted by Crippen LogP contribution is -2.20. The highest BCUT2D eigenvalue weighted by Crippen LogP contribution is 2.33. The monoisotopic (exact) mass is 394 g/mol. The molecule has 0 amide bonds. The van der Waals surface area contributed by atoms with Crippen LogP contribution < -0.4 is 5.73 Å². The molecule has 28 heavy (non-hydrogen) atoms. The van der Waals surface area contributed by atoms with Crippen molar-refractivity contribution in [3.63, 3.8) is 0 Å². The average molecular weight is 394 g/mol. The zero-order valence-corrected chi connectivity index (χ0v) is 15.8. The zero-order valence-electron chi connectivity index (χ0n) is 15.0. The van der Waals surface area contributed by atoms with E-state index in [1.807, 2.05) is 4.68 Å². The fourth-order valence-corrected chi connectivity index (χ4v) is 4.88. The van der Waals surface area contributed by atoms with Crippen LogP contribution in [0.5, 0.6) is 0 Å². The molecule has 0 saturated heterocycles. The maximum absolute atomic E-state index is 11.6. The number of sulfonamides is 1. The van der Waals surface area contributed by atoms with Gasteiger partial charge in [0.05, 0.1) is 22.5 Å². The topological polar surface area (TPSA) is 116 Å². The second-order valence-electron chi connectivity index (χ2n) is 7.13. The first-order chi connectivity index (χ1) is 13.5. The number of fused-ring (bicyclic) bond motifs is 2. The largest absolute Gasteiger partial charge is 0.383 e. The molecule has 1 aliphatic heterocycles. The molecule has 1 aromatic carbocycles. The van der Waals surface area contributed by atoms with Gasteiger partial charge in [-0.25, -0.2) is 14.6 Å². The molecular weight excluding hydrogens is 376 g/mol. The van der Waals surface area contributed by atoms with Gasteiger partial charge in [-0.1, -0.05) is 24.3 Å². The number of anilines is 1. The highest BCUT2D eigenvalue weighted by atomic mass is 32.2. The number of nitrogens with two attached hydrogens (primary N) is 1. The molecule has 3 aromatic rings. The van der Waals surface area contributed by atoms with E-state index in [1.54, 1.807) is 0 Å². The zero-order chi connectivity index (χ0) is 19.3. The molecule has 3 heterocycles. The molecule has 1 unspecified atom stereocenters. The Hall–Kier alpha value is -3.07. The third kappa shape index (κ3) is 2.88. The van der Waals surface area contributed by atoms with E-state index >= 15 is 0 Å². The van der Waals surface area contributed by atoms with E-state index in [9.17, 15) is 8.42 Å². The molecule has 1 aliphatic carbocycles. The number of nitrogens with zero attached hydrogens (tertiary/aromatic N) is 5. The lowest BCUT2D eigenvalue weighted by Gasteiger charge is -2.25. The first-order valence-corrected chi connectivity index (χ1v) is 10.6. The summed E-state index contributed by atoms with van der Waals surface area (Å²) in [7, 11) is -3.52. The Kier molecular flexibility index (Phi) is 3.80. The molecule has 0 bridgehead atoms. The van der Waals surface area contributed by atoms with Crippen molar-refractivity contribution in [2.45, 2.75) is 31.7 Å². The van der Waals surface area contributed by atoms with Crippen LogP contribution in [0.25, 0.3) is 11.0 Å². The van der Waals surface area contributed by atoms with Gasteiger partial charge >= 0.3 is 0 Å². The van der Waals surface area contributed by atoms with Gasteiger partial charge in [0.1, 0.15) is 12.1 Å². The van der Waals surface area contributed by atoms with E-state index < -0.39 is 10.0 Å². The number of aromatic nitrogens is 4. The number of aryl methyl sites for hydroxylation is 1. The molecule has 0 radical (unpaired) electrons. The fourth-order valence-electron chi connectivity index (χ4n) is 4.01. The van der Waals surface area contributed by atoms with Crippen LogP contribution in [0.4, 0.5) is 5.82 Å².